The summed E-state index contributed by atoms with van der Waals surface area (Å²) in [7, 11) is 3.59. The molecular weight excluding hydrogens is 330 g/mol. The monoisotopic (exact) mass is 365 g/mol. The molecule has 0 atom stereocenters. The lowest BCUT2D eigenvalue weighted by atomic mass is 10.1. The van der Waals surface area contributed by atoms with Crippen LogP contribution in [0, 0.1) is 0 Å². The molecule has 1 aromatic rings. The molecule has 0 spiro atoms. The van der Waals surface area contributed by atoms with E-state index in [1.165, 1.54) is 0 Å². The second-order valence-electron chi connectivity index (χ2n) is 6.99. The normalized spacial score (nSPS) is 11.0. The summed E-state index contributed by atoms with van der Waals surface area (Å²) in [4.78, 5) is 28.9. The van der Waals surface area contributed by atoms with Crippen LogP contribution in [0.15, 0.2) is 18.3 Å². The van der Waals surface area contributed by atoms with Crippen LogP contribution in [0.3, 0.4) is 0 Å². The highest BCUT2D eigenvalue weighted by molar-refractivity contribution is 5.85. The minimum Gasteiger partial charge on any atom is -0.383 e. The van der Waals surface area contributed by atoms with E-state index in [0.717, 1.165) is 25.0 Å². The van der Waals surface area contributed by atoms with Crippen molar-refractivity contribution in [2.45, 2.75) is 59.0 Å². The fourth-order valence-corrected chi connectivity index (χ4v) is 2.82. The van der Waals surface area contributed by atoms with Crippen molar-refractivity contribution >= 4 is 11.8 Å². The van der Waals surface area contributed by atoms with Gasteiger partial charge < -0.3 is 19.1 Å². The van der Waals surface area contributed by atoms with Crippen molar-refractivity contribution in [3.05, 3.63) is 24.0 Å². The Hall–Kier alpha value is -1.82. The Morgan fingerprint density at radius 1 is 1.23 bits per heavy atom. The molecule has 0 bridgehead atoms. The Morgan fingerprint density at radius 3 is 2.50 bits per heavy atom. The van der Waals surface area contributed by atoms with Gasteiger partial charge in [0.05, 0.1) is 19.7 Å². The van der Waals surface area contributed by atoms with Crippen LogP contribution in [0.25, 0.3) is 0 Å². The Kier molecular flexibility index (Phi) is 10.0. The molecule has 2 amide bonds. The maximum atomic E-state index is 12.9. The predicted molar refractivity (Wildman–Crippen MR) is 104 cm³/mol. The third kappa shape index (κ3) is 7.20. The third-order valence-electron chi connectivity index (χ3n) is 4.57. The first-order valence-corrected chi connectivity index (χ1v) is 9.57. The first-order valence-electron chi connectivity index (χ1n) is 9.57. The number of carbonyl (C=O) groups excluding carboxylic acids is 2. The predicted octanol–water partition coefficient (Wildman–Crippen LogP) is 2.82. The highest BCUT2D eigenvalue weighted by atomic mass is 16.5. The minimum absolute atomic E-state index is 0.00684. The fourth-order valence-electron chi connectivity index (χ4n) is 2.82. The van der Waals surface area contributed by atoms with Crippen molar-refractivity contribution in [3.8, 4) is 0 Å². The van der Waals surface area contributed by atoms with Crippen LogP contribution in [-0.2, 0) is 27.9 Å². The van der Waals surface area contributed by atoms with E-state index in [1.807, 2.05) is 43.8 Å². The summed E-state index contributed by atoms with van der Waals surface area (Å²) in [5.41, 5.74) is 1.06. The fraction of sp³-hybridized carbons (Fsp3) is 0.700. The zero-order valence-electron chi connectivity index (χ0n) is 17.0. The highest BCUT2D eigenvalue weighted by Gasteiger charge is 2.23. The highest BCUT2D eigenvalue weighted by Crippen LogP contribution is 2.10. The molecule has 0 unspecified atom stereocenters. The number of aromatic nitrogens is 1. The second-order valence-corrected chi connectivity index (χ2v) is 6.99. The largest absolute Gasteiger partial charge is 0.383 e. The van der Waals surface area contributed by atoms with E-state index in [0.29, 0.717) is 26.1 Å². The van der Waals surface area contributed by atoms with Crippen LogP contribution in [0.4, 0.5) is 0 Å². The Labute approximate surface area is 158 Å². The lowest BCUT2D eigenvalue weighted by Gasteiger charge is -2.30. The zero-order chi connectivity index (χ0) is 19.5. The van der Waals surface area contributed by atoms with Gasteiger partial charge in [0.15, 0.2) is 0 Å². The van der Waals surface area contributed by atoms with Crippen LogP contribution in [0.1, 0.15) is 52.1 Å². The van der Waals surface area contributed by atoms with Gasteiger partial charge in [-0.05, 0) is 32.4 Å². The Morgan fingerprint density at radius 2 is 1.96 bits per heavy atom. The average molecular weight is 366 g/mol. The summed E-state index contributed by atoms with van der Waals surface area (Å²) in [6.07, 6.45) is 5.47. The van der Waals surface area contributed by atoms with E-state index in [4.69, 9.17) is 4.74 Å². The van der Waals surface area contributed by atoms with Gasteiger partial charge in [-0.25, -0.2) is 0 Å². The maximum Gasteiger partial charge on any atom is 0.242 e. The average Bonchev–Trinajstić information content (AvgIpc) is 3.00. The molecule has 0 aromatic carbocycles. The molecule has 6 nitrogen and oxygen atoms in total. The third-order valence-corrected chi connectivity index (χ3v) is 4.57. The van der Waals surface area contributed by atoms with Gasteiger partial charge in [0, 0.05) is 45.1 Å². The first kappa shape index (κ1) is 22.2. The molecule has 1 rings (SSSR count). The number of hydrogen-bond donors (Lipinski definition) is 0. The number of nitrogens with zero attached hydrogens (tertiary/aromatic N) is 3. The molecule has 0 aliphatic carbocycles. The summed E-state index contributed by atoms with van der Waals surface area (Å²) in [6.45, 7) is 7.66. The van der Waals surface area contributed by atoms with Gasteiger partial charge in [-0.1, -0.05) is 19.8 Å². The van der Waals surface area contributed by atoms with E-state index < -0.39 is 0 Å². The van der Waals surface area contributed by atoms with Gasteiger partial charge in [-0.15, -0.1) is 0 Å². The van der Waals surface area contributed by atoms with E-state index >= 15 is 0 Å². The molecule has 0 saturated carbocycles. The number of rotatable bonds is 12. The number of unbranched alkanes of at least 4 members (excludes halogenated alkanes) is 2. The van der Waals surface area contributed by atoms with Crippen LogP contribution in [0.2, 0.25) is 0 Å². The topological polar surface area (TPSA) is 54.8 Å². The maximum absolute atomic E-state index is 12.9. The van der Waals surface area contributed by atoms with Gasteiger partial charge in [0.2, 0.25) is 11.8 Å². The molecule has 26 heavy (non-hydrogen) atoms. The Balaban J connectivity index is 2.77. The molecular formula is C20H35N3O3. The smallest absolute Gasteiger partial charge is 0.242 e. The lowest BCUT2D eigenvalue weighted by Crippen LogP contribution is -2.46. The minimum atomic E-state index is -0.0409. The molecule has 6 heteroatoms. The number of carbonyl (C=O) groups is 2. The van der Waals surface area contributed by atoms with Crippen molar-refractivity contribution in [1.29, 1.82) is 0 Å². The van der Waals surface area contributed by atoms with Crippen LogP contribution in [-0.4, -0.2) is 59.0 Å². The second kappa shape index (κ2) is 11.7. The van der Waals surface area contributed by atoms with Crippen LogP contribution >= 0.6 is 0 Å². The van der Waals surface area contributed by atoms with Gasteiger partial charge in [0.25, 0.3) is 0 Å². The molecule has 1 aromatic heterocycles. The number of amides is 2. The summed E-state index contributed by atoms with van der Waals surface area (Å²) < 4.78 is 7.16. The quantitative estimate of drug-likeness (QED) is 0.535. The summed E-state index contributed by atoms with van der Waals surface area (Å²) >= 11 is 0. The standard InChI is InChI=1S/C20H35N3O3/c1-6-7-8-11-19(24)23(17(2)3)16-20(25)22(13-14-26-5)15-18-10-9-12-21(18)4/h9-10,12,17H,6-8,11,13-16H2,1-5H3. The summed E-state index contributed by atoms with van der Waals surface area (Å²) in [5, 5.41) is 0. The number of aryl methyl sites for hydroxylation is 1. The van der Waals surface area contributed by atoms with E-state index in [2.05, 4.69) is 6.92 Å². The summed E-state index contributed by atoms with van der Waals surface area (Å²) in [6, 6.07) is 3.97. The number of hydrogen-bond acceptors (Lipinski definition) is 3. The molecule has 1 heterocycles. The van der Waals surface area contributed by atoms with Crippen molar-refractivity contribution < 1.29 is 14.3 Å². The van der Waals surface area contributed by atoms with Crippen LogP contribution in [0.5, 0.6) is 0 Å². The van der Waals surface area contributed by atoms with Gasteiger partial charge >= 0.3 is 0 Å². The lowest BCUT2D eigenvalue weighted by molar-refractivity contribution is -0.142. The van der Waals surface area contributed by atoms with E-state index in [-0.39, 0.29) is 24.4 Å². The van der Waals surface area contributed by atoms with Crippen molar-refractivity contribution in [1.82, 2.24) is 14.4 Å². The van der Waals surface area contributed by atoms with Gasteiger partial charge in [-0.2, -0.15) is 0 Å². The molecule has 0 N–H and O–H groups in total. The molecule has 148 valence electrons. The zero-order valence-corrected chi connectivity index (χ0v) is 17.0. The van der Waals surface area contributed by atoms with Crippen molar-refractivity contribution in [3.63, 3.8) is 0 Å². The number of methoxy groups -OCH3 is 1. The SMILES string of the molecule is CCCCCC(=O)N(CC(=O)N(CCOC)Cc1cccn1C)C(C)C. The van der Waals surface area contributed by atoms with Crippen LogP contribution < -0.4 is 0 Å². The molecule has 0 fully saturated rings. The Bertz CT molecular complexity index is 554. The van der Waals surface area contributed by atoms with Crippen molar-refractivity contribution in [2.75, 3.05) is 26.8 Å². The van der Waals surface area contributed by atoms with Crippen molar-refractivity contribution in [2.24, 2.45) is 7.05 Å². The number of ether oxygens (including phenoxy) is 1. The van der Waals surface area contributed by atoms with E-state index in [1.54, 1.807) is 16.9 Å². The molecule has 0 saturated heterocycles. The summed E-state index contributed by atoms with van der Waals surface area (Å²) in [5.74, 6) is 0.0214. The molecule has 0 aliphatic rings. The molecule has 0 aliphatic heterocycles. The first-order chi connectivity index (χ1) is 12.4. The molecule has 0 radical (unpaired) electrons. The van der Waals surface area contributed by atoms with Gasteiger partial charge in [-0.3, -0.25) is 9.59 Å². The van der Waals surface area contributed by atoms with E-state index in [9.17, 15) is 9.59 Å². The van der Waals surface area contributed by atoms with Gasteiger partial charge in [0.1, 0.15) is 0 Å².